The number of hydrogen-bond acceptors (Lipinski definition) is 4. The van der Waals surface area contributed by atoms with Crippen LogP contribution >= 0.6 is 0 Å². The van der Waals surface area contributed by atoms with E-state index in [9.17, 15) is 13.2 Å². The van der Waals surface area contributed by atoms with E-state index in [1.807, 2.05) is 0 Å². The van der Waals surface area contributed by atoms with E-state index in [0.717, 1.165) is 0 Å². The smallest absolute Gasteiger partial charge is 0.359 e. The van der Waals surface area contributed by atoms with Crippen LogP contribution in [0.2, 0.25) is 0 Å². The predicted octanol–water partition coefficient (Wildman–Crippen LogP) is 0.907. The molecule has 0 saturated heterocycles. The van der Waals surface area contributed by atoms with Gasteiger partial charge in [-0.25, -0.2) is 13.2 Å². The maximum atomic E-state index is 11.3. The Morgan fingerprint density at radius 1 is 1.20 bits per heavy atom. The molecule has 0 fully saturated rings. The molecule has 5 nitrogen and oxygen atoms in total. The standard InChI is InChI=1S/C9H5NO4S/c11-9-8-7(10-15(8,12)13)5-3-1-2-4-6(5)14-9/h1-4,10H. The molecule has 0 bridgehead atoms. The van der Waals surface area contributed by atoms with E-state index in [1.165, 1.54) is 0 Å². The fourth-order valence-corrected chi connectivity index (χ4v) is 2.74. The van der Waals surface area contributed by atoms with Crippen LogP contribution in [0.25, 0.3) is 11.0 Å². The summed E-state index contributed by atoms with van der Waals surface area (Å²) in [5.74, 6) is 0. The van der Waals surface area contributed by atoms with Crippen molar-refractivity contribution in [2.24, 2.45) is 0 Å². The molecule has 3 rings (SSSR count). The number of fused-ring (bicyclic) bond motifs is 3. The third-order valence-corrected chi connectivity index (χ3v) is 3.66. The van der Waals surface area contributed by atoms with Crippen molar-refractivity contribution in [3.8, 4) is 0 Å². The van der Waals surface area contributed by atoms with Gasteiger partial charge in [0, 0.05) is 5.39 Å². The van der Waals surface area contributed by atoms with Crippen molar-refractivity contribution in [3.05, 3.63) is 34.7 Å². The number of hydrogen-bond donors (Lipinski definition) is 1. The van der Waals surface area contributed by atoms with Crippen molar-refractivity contribution in [1.82, 2.24) is 0 Å². The summed E-state index contributed by atoms with van der Waals surface area (Å²) >= 11 is 0. The summed E-state index contributed by atoms with van der Waals surface area (Å²) in [6.45, 7) is 0. The normalized spacial score (nSPS) is 16.5. The number of sulfonamides is 1. The molecule has 2 heterocycles. The van der Waals surface area contributed by atoms with Gasteiger partial charge in [-0.3, -0.25) is 4.72 Å². The molecular formula is C9H5NO4S. The predicted molar refractivity (Wildman–Crippen MR) is 53.3 cm³/mol. The zero-order valence-electron chi connectivity index (χ0n) is 7.35. The van der Waals surface area contributed by atoms with Crippen molar-refractivity contribution < 1.29 is 12.8 Å². The van der Waals surface area contributed by atoms with Crippen LogP contribution in [-0.4, -0.2) is 8.42 Å². The van der Waals surface area contributed by atoms with Crippen LogP contribution in [0.15, 0.2) is 38.4 Å². The van der Waals surface area contributed by atoms with E-state index in [0.29, 0.717) is 16.7 Å². The summed E-state index contributed by atoms with van der Waals surface area (Å²) in [5, 5.41) is 0.599. The first-order valence-corrected chi connectivity index (χ1v) is 5.66. The van der Waals surface area contributed by atoms with Crippen LogP contribution in [0.5, 0.6) is 0 Å². The molecule has 1 aromatic carbocycles. The van der Waals surface area contributed by atoms with Crippen LogP contribution in [0.3, 0.4) is 0 Å². The lowest BCUT2D eigenvalue weighted by molar-refractivity contribution is 0.530. The highest BCUT2D eigenvalue weighted by atomic mass is 32.2. The monoisotopic (exact) mass is 223 g/mol. The van der Waals surface area contributed by atoms with Gasteiger partial charge in [-0.05, 0) is 12.1 Å². The minimum absolute atomic E-state index is 0.277. The molecule has 2 aromatic rings. The topological polar surface area (TPSA) is 76.4 Å². The molecule has 76 valence electrons. The Morgan fingerprint density at radius 3 is 2.67 bits per heavy atom. The van der Waals surface area contributed by atoms with Gasteiger partial charge in [-0.15, -0.1) is 0 Å². The fraction of sp³-hybridized carbons (Fsp3) is 0. The molecule has 0 atom stereocenters. The maximum absolute atomic E-state index is 11.3. The van der Waals surface area contributed by atoms with Crippen molar-refractivity contribution in [2.45, 2.75) is 4.90 Å². The second-order valence-corrected chi connectivity index (χ2v) is 4.81. The lowest BCUT2D eigenvalue weighted by atomic mass is 10.2. The summed E-state index contributed by atoms with van der Waals surface area (Å²) in [5.41, 5.74) is -0.104. The van der Waals surface area contributed by atoms with Crippen LogP contribution < -0.4 is 10.3 Å². The molecule has 0 amide bonds. The largest absolute Gasteiger partial charge is 0.422 e. The quantitative estimate of drug-likeness (QED) is 0.673. The van der Waals surface area contributed by atoms with Crippen molar-refractivity contribution in [3.63, 3.8) is 0 Å². The summed E-state index contributed by atoms with van der Waals surface area (Å²) in [6.07, 6.45) is 0. The molecule has 1 aromatic heterocycles. The van der Waals surface area contributed by atoms with Crippen LogP contribution in [0.1, 0.15) is 0 Å². The van der Waals surface area contributed by atoms with E-state index in [1.54, 1.807) is 24.3 Å². The Morgan fingerprint density at radius 2 is 1.93 bits per heavy atom. The zero-order chi connectivity index (χ0) is 10.6. The van der Waals surface area contributed by atoms with E-state index in [2.05, 4.69) is 4.72 Å². The van der Waals surface area contributed by atoms with E-state index < -0.39 is 15.6 Å². The molecule has 15 heavy (non-hydrogen) atoms. The third kappa shape index (κ3) is 0.964. The molecule has 6 heteroatoms. The molecule has 0 radical (unpaired) electrons. The number of nitrogens with one attached hydrogen (secondary N) is 1. The van der Waals surface area contributed by atoms with Gasteiger partial charge in [0.2, 0.25) is 0 Å². The molecule has 1 N–H and O–H groups in total. The minimum Gasteiger partial charge on any atom is -0.422 e. The van der Waals surface area contributed by atoms with Crippen molar-refractivity contribution >= 4 is 26.7 Å². The Kier molecular flexibility index (Phi) is 1.36. The van der Waals surface area contributed by atoms with Gasteiger partial charge >= 0.3 is 5.63 Å². The lowest BCUT2D eigenvalue weighted by Crippen LogP contribution is -2.31. The van der Waals surface area contributed by atoms with Gasteiger partial charge in [0.25, 0.3) is 10.0 Å². The van der Waals surface area contributed by atoms with Gasteiger partial charge in [-0.2, -0.15) is 0 Å². The Bertz CT molecular complexity index is 729. The summed E-state index contributed by atoms with van der Waals surface area (Å²) in [4.78, 5) is 11.1. The second kappa shape index (κ2) is 2.40. The first-order valence-electron chi connectivity index (χ1n) is 4.18. The lowest BCUT2D eigenvalue weighted by Gasteiger charge is -2.20. The molecule has 0 aliphatic carbocycles. The first kappa shape index (κ1) is 8.49. The van der Waals surface area contributed by atoms with Gasteiger partial charge in [-0.1, -0.05) is 12.1 Å². The average Bonchev–Trinajstić information content (AvgIpc) is 2.15. The number of anilines is 1. The Labute approximate surface area is 84.4 Å². The molecule has 1 aliphatic rings. The average molecular weight is 223 g/mol. The highest BCUT2D eigenvalue weighted by Crippen LogP contribution is 2.36. The van der Waals surface area contributed by atoms with Crippen molar-refractivity contribution in [2.75, 3.05) is 4.72 Å². The van der Waals surface area contributed by atoms with Gasteiger partial charge in [0.1, 0.15) is 5.58 Å². The van der Waals surface area contributed by atoms with Gasteiger partial charge in [0.15, 0.2) is 4.90 Å². The minimum atomic E-state index is -3.62. The van der Waals surface area contributed by atoms with Crippen LogP contribution in [0, 0.1) is 0 Å². The SMILES string of the molecule is O=c1oc2ccccc2c2c1S(=O)(=O)N2. The highest BCUT2D eigenvalue weighted by Gasteiger charge is 2.36. The number of benzene rings is 1. The third-order valence-electron chi connectivity index (χ3n) is 2.28. The molecule has 0 spiro atoms. The Balaban J connectivity index is 2.58. The number of para-hydroxylation sites is 1. The van der Waals surface area contributed by atoms with E-state index in [-0.39, 0.29) is 4.90 Å². The molecule has 0 saturated carbocycles. The fourth-order valence-electron chi connectivity index (χ4n) is 1.62. The van der Waals surface area contributed by atoms with Crippen LogP contribution in [0.4, 0.5) is 5.69 Å². The van der Waals surface area contributed by atoms with Crippen LogP contribution in [-0.2, 0) is 10.0 Å². The number of rotatable bonds is 0. The zero-order valence-corrected chi connectivity index (χ0v) is 8.17. The van der Waals surface area contributed by atoms with Crippen molar-refractivity contribution in [1.29, 1.82) is 0 Å². The van der Waals surface area contributed by atoms with Gasteiger partial charge < -0.3 is 4.42 Å². The molecule has 1 aliphatic heterocycles. The highest BCUT2D eigenvalue weighted by molar-refractivity contribution is 7.94. The second-order valence-electron chi connectivity index (χ2n) is 3.20. The maximum Gasteiger partial charge on any atom is 0.359 e. The first-order chi connectivity index (χ1) is 7.09. The summed E-state index contributed by atoms with van der Waals surface area (Å²) in [7, 11) is -3.62. The molecular weight excluding hydrogens is 218 g/mol. The molecule has 0 unspecified atom stereocenters. The summed E-state index contributed by atoms with van der Waals surface area (Å²) < 4.78 is 29.5. The van der Waals surface area contributed by atoms with E-state index >= 15 is 0 Å². The Hall–Kier alpha value is -1.82. The van der Waals surface area contributed by atoms with Gasteiger partial charge in [0.05, 0.1) is 5.69 Å². The summed E-state index contributed by atoms with van der Waals surface area (Å²) in [6, 6.07) is 6.77. The van der Waals surface area contributed by atoms with E-state index in [4.69, 9.17) is 4.42 Å².